The van der Waals surface area contributed by atoms with Crippen LogP contribution in [-0.2, 0) is 16.1 Å². The summed E-state index contributed by atoms with van der Waals surface area (Å²) in [5, 5.41) is 7.20. The first-order valence-corrected chi connectivity index (χ1v) is 11.6. The van der Waals surface area contributed by atoms with Gasteiger partial charge in [0.25, 0.3) is 5.91 Å². The first kappa shape index (κ1) is 27.0. The first-order chi connectivity index (χ1) is 16.9. The molecule has 1 aromatic carbocycles. The maximum absolute atomic E-state index is 13.0. The van der Waals surface area contributed by atoms with Crippen LogP contribution in [0.3, 0.4) is 0 Å². The van der Waals surface area contributed by atoms with Crippen molar-refractivity contribution in [2.24, 2.45) is 0 Å². The van der Waals surface area contributed by atoms with Gasteiger partial charge in [0, 0.05) is 30.9 Å². The molecule has 0 saturated heterocycles. The maximum atomic E-state index is 13.0. The van der Waals surface area contributed by atoms with Crippen LogP contribution >= 0.6 is 11.6 Å². The smallest absolute Gasteiger partial charge is 0.415 e. The summed E-state index contributed by atoms with van der Waals surface area (Å²) in [6.07, 6.45) is 0.767. The molecule has 0 saturated carbocycles. The van der Waals surface area contributed by atoms with Crippen LogP contribution in [0.5, 0.6) is 5.75 Å². The molecule has 1 atom stereocenters. The number of hydrogen-bond acceptors (Lipinski definition) is 8. The van der Waals surface area contributed by atoms with Gasteiger partial charge in [-0.15, -0.1) is 0 Å². The van der Waals surface area contributed by atoms with Crippen molar-refractivity contribution in [2.45, 2.75) is 45.9 Å². The van der Waals surface area contributed by atoms with Gasteiger partial charge >= 0.3 is 6.09 Å². The van der Waals surface area contributed by atoms with E-state index in [1.54, 1.807) is 40.0 Å². The predicted molar refractivity (Wildman–Crippen MR) is 137 cm³/mol. The SMILES string of the molecule is COc1cc(N)cc(COC[C@@H](C)NC(=O)c2cnn3c(N(C)C(=O)OC(C)(C)C)cc(Cl)nc23)c1. The average Bonchev–Trinajstić information content (AvgIpc) is 3.20. The normalized spacial score (nSPS) is 12.3. The molecule has 3 aromatic rings. The number of fused-ring (bicyclic) bond motifs is 1. The molecule has 3 N–H and O–H groups in total. The highest BCUT2D eigenvalue weighted by atomic mass is 35.5. The third-order valence-corrected chi connectivity index (χ3v) is 5.11. The molecule has 2 heterocycles. The van der Waals surface area contributed by atoms with Gasteiger partial charge in [0.1, 0.15) is 27.9 Å². The first-order valence-electron chi connectivity index (χ1n) is 11.2. The van der Waals surface area contributed by atoms with Crippen LogP contribution in [-0.4, -0.2) is 59.0 Å². The number of carbonyl (C=O) groups excluding carboxylic acids is 2. The third kappa shape index (κ3) is 6.76. The number of carbonyl (C=O) groups is 2. The van der Waals surface area contributed by atoms with Crippen molar-refractivity contribution >= 4 is 40.8 Å². The zero-order chi connectivity index (χ0) is 26.6. The van der Waals surface area contributed by atoms with Crippen molar-refractivity contribution in [3.63, 3.8) is 0 Å². The molecule has 0 fully saturated rings. The molecule has 2 aromatic heterocycles. The van der Waals surface area contributed by atoms with Crippen molar-refractivity contribution in [1.29, 1.82) is 0 Å². The topological polar surface area (TPSA) is 133 Å². The molecule has 0 unspecified atom stereocenters. The van der Waals surface area contributed by atoms with E-state index in [0.717, 1.165) is 5.56 Å². The Morgan fingerprint density at radius 3 is 2.64 bits per heavy atom. The zero-order valence-corrected chi connectivity index (χ0v) is 21.9. The summed E-state index contributed by atoms with van der Waals surface area (Å²) in [4.78, 5) is 31.0. The van der Waals surface area contributed by atoms with Crippen molar-refractivity contribution < 1.29 is 23.8 Å². The van der Waals surface area contributed by atoms with Crippen LogP contribution in [0.4, 0.5) is 16.3 Å². The van der Waals surface area contributed by atoms with Gasteiger partial charge in [-0.1, -0.05) is 11.6 Å². The van der Waals surface area contributed by atoms with Crippen LogP contribution in [0.2, 0.25) is 5.15 Å². The number of amides is 2. The van der Waals surface area contributed by atoms with Crippen LogP contribution in [0.1, 0.15) is 43.6 Å². The fourth-order valence-corrected chi connectivity index (χ4v) is 3.50. The van der Waals surface area contributed by atoms with E-state index in [0.29, 0.717) is 23.9 Å². The Bertz CT molecular complexity index is 1260. The highest BCUT2D eigenvalue weighted by molar-refractivity contribution is 6.30. The van der Waals surface area contributed by atoms with Gasteiger partial charge in [0.15, 0.2) is 5.65 Å². The molecule has 11 nitrogen and oxygen atoms in total. The van der Waals surface area contributed by atoms with Crippen molar-refractivity contribution in [1.82, 2.24) is 19.9 Å². The standard InChI is InChI=1S/C24H31ClN6O5/c1-14(12-35-13-15-7-16(26)9-17(8-15)34-6)28-22(32)18-11-27-31-20(10-19(25)29-21(18)31)30(5)23(33)36-24(2,3)4/h7-11,14H,12-13,26H2,1-6H3,(H,28,32)/t14-/m1/s1. The number of nitrogen functional groups attached to an aromatic ring is 1. The number of halogens is 1. The van der Waals surface area contributed by atoms with E-state index in [1.165, 1.54) is 28.7 Å². The lowest BCUT2D eigenvalue weighted by molar-refractivity contribution is 0.0587. The molecular formula is C24H31ClN6O5. The Balaban J connectivity index is 1.69. The van der Waals surface area contributed by atoms with E-state index in [2.05, 4.69) is 15.4 Å². The molecule has 3 rings (SSSR count). The molecule has 194 valence electrons. The summed E-state index contributed by atoms with van der Waals surface area (Å²) in [6.45, 7) is 7.66. The van der Waals surface area contributed by atoms with Gasteiger partial charge in [-0.3, -0.25) is 9.69 Å². The van der Waals surface area contributed by atoms with Gasteiger partial charge in [0.05, 0.1) is 26.5 Å². The molecule has 0 radical (unpaired) electrons. The lowest BCUT2D eigenvalue weighted by atomic mass is 10.2. The van der Waals surface area contributed by atoms with Crippen LogP contribution in [0.25, 0.3) is 5.65 Å². The highest BCUT2D eigenvalue weighted by Crippen LogP contribution is 2.23. The molecule has 2 amide bonds. The predicted octanol–water partition coefficient (Wildman–Crippen LogP) is 3.68. The zero-order valence-electron chi connectivity index (χ0n) is 21.2. The summed E-state index contributed by atoms with van der Waals surface area (Å²) in [5.41, 5.74) is 7.01. The number of methoxy groups -OCH3 is 1. The van der Waals surface area contributed by atoms with Crippen molar-refractivity contribution in [3.8, 4) is 5.75 Å². The number of hydrogen-bond donors (Lipinski definition) is 2. The molecule has 0 spiro atoms. The second kappa shape index (κ2) is 11.0. The Kier molecular flexibility index (Phi) is 8.26. The number of aromatic nitrogens is 3. The van der Waals surface area contributed by atoms with E-state index < -0.39 is 17.6 Å². The third-order valence-electron chi connectivity index (χ3n) is 4.92. The highest BCUT2D eigenvalue weighted by Gasteiger charge is 2.25. The van der Waals surface area contributed by atoms with Crippen molar-refractivity contribution in [2.75, 3.05) is 31.4 Å². The van der Waals surface area contributed by atoms with Crippen LogP contribution < -0.4 is 20.7 Å². The fraction of sp³-hybridized carbons (Fsp3) is 0.417. The minimum Gasteiger partial charge on any atom is -0.497 e. The lowest BCUT2D eigenvalue weighted by Crippen LogP contribution is -2.36. The minimum atomic E-state index is -0.687. The van der Waals surface area contributed by atoms with Crippen molar-refractivity contribution in [3.05, 3.63) is 46.7 Å². The summed E-state index contributed by atoms with van der Waals surface area (Å²) in [6, 6.07) is 6.50. The molecule has 36 heavy (non-hydrogen) atoms. The summed E-state index contributed by atoms with van der Waals surface area (Å²) in [5.74, 6) is 0.533. The number of benzene rings is 1. The Labute approximate surface area is 214 Å². The quantitative estimate of drug-likeness (QED) is 0.341. The number of nitrogens with zero attached hydrogens (tertiary/aromatic N) is 4. The van der Waals surface area contributed by atoms with Crippen LogP contribution in [0.15, 0.2) is 30.5 Å². The Morgan fingerprint density at radius 2 is 1.97 bits per heavy atom. The molecule has 12 heteroatoms. The molecule has 0 aliphatic heterocycles. The maximum Gasteiger partial charge on any atom is 0.415 e. The van der Waals surface area contributed by atoms with Gasteiger partial charge in [-0.25, -0.2) is 9.78 Å². The van der Waals surface area contributed by atoms with E-state index in [1.807, 2.05) is 13.0 Å². The van der Waals surface area contributed by atoms with Gasteiger partial charge in [0.2, 0.25) is 0 Å². The molecule has 0 bridgehead atoms. The molecule has 0 aliphatic rings. The van der Waals surface area contributed by atoms with E-state index in [-0.39, 0.29) is 29.0 Å². The number of nitrogens with two attached hydrogens (primary N) is 1. The number of nitrogens with one attached hydrogen (secondary N) is 1. The second-order valence-electron chi connectivity index (χ2n) is 9.27. The lowest BCUT2D eigenvalue weighted by Gasteiger charge is -2.24. The molecule has 0 aliphatic carbocycles. The molecular weight excluding hydrogens is 488 g/mol. The van der Waals surface area contributed by atoms with Crippen LogP contribution in [0, 0.1) is 0 Å². The van der Waals surface area contributed by atoms with Gasteiger partial charge in [-0.2, -0.15) is 9.61 Å². The summed E-state index contributed by atoms with van der Waals surface area (Å²) in [7, 11) is 3.09. The minimum absolute atomic E-state index is 0.0939. The van der Waals surface area contributed by atoms with Gasteiger partial charge < -0.3 is 25.3 Å². The van der Waals surface area contributed by atoms with E-state index in [4.69, 9.17) is 31.5 Å². The monoisotopic (exact) mass is 518 g/mol. The second-order valence-corrected chi connectivity index (χ2v) is 9.66. The van der Waals surface area contributed by atoms with E-state index >= 15 is 0 Å². The summed E-state index contributed by atoms with van der Waals surface area (Å²) < 4.78 is 17.7. The Hall–Kier alpha value is -3.57. The fourth-order valence-electron chi connectivity index (χ4n) is 3.33. The van der Waals surface area contributed by atoms with Gasteiger partial charge in [-0.05, 0) is 45.4 Å². The number of rotatable bonds is 8. The Morgan fingerprint density at radius 1 is 1.25 bits per heavy atom. The summed E-state index contributed by atoms with van der Waals surface area (Å²) >= 11 is 6.20. The number of ether oxygens (including phenoxy) is 3. The largest absolute Gasteiger partial charge is 0.497 e. The average molecular weight is 519 g/mol. The van der Waals surface area contributed by atoms with E-state index in [9.17, 15) is 9.59 Å². The number of anilines is 2.